The van der Waals surface area contributed by atoms with Crippen molar-refractivity contribution < 1.29 is 4.79 Å². The summed E-state index contributed by atoms with van der Waals surface area (Å²) >= 11 is 7.33. The van der Waals surface area contributed by atoms with E-state index in [2.05, 4.69) is 15.3 Å². The molecule has 1 amide bonds. The van der Waals surface area contributed by atoms with Crippen LogP contribution in [0.25, 0.3) is 10.2 Å². The highest BCUT2D eigenvalue weighted by molar-refractivity contribution is 7.18. The Labute approximate surface area is 124 Å². The van der Waals surface area contributed by atoms with E-state index in [-0.39, 0.29) is 5.91 Å². The number of halogens is 1. The average Bonchev–Trinajstić information content (AvgIpc) is 2.87. The molecule has 3 aromatic rings. The molecule has 0 aliphatic heterocycles. The first kappa shape index (κ1) is 13.0. The normalized spacial score (nSPS) is 10.7. The molecule has 0 aliphatic carbocycles. The summed E-state index contributed by atoms with van der Waals surface area (Å²) in [6.07, 6.45) is 1.51. The van der Waals surface area contributed by atoms with E-state index in [1.807, 2.05) is 24.3 Å². The van der Waals surface area contributed by atoms with Crippen molar-refractivity contribution in [2.75, 3.05) is 0 Å². The smallest absolute Gasteiger partial charge is 0.251 e. The van der Waals surface area contributed by atoms with E-state index >= 15 is 0 Å². The maximum Gasteiger partial charge on any atom is 0.251 e. The Balaban J connectivity index is 1.71. The van der Waals surface area contributed by atoms with Gasteiger partial charge in [-0.2, -0.15) is 0 Å². The predicted octanol–water partition coefficient (Wildman–Crippen LogP) is 3.27. The number of para-hydroxylation sites is 1. The summed E-state index contributed by atoms with van der Waals surface area (Å²) in [5.41, 5.74) is 1.44. The minimum absolute atomic E-state index is 0.187. The van der Waals surface area contributed by atoms with Crippen LogP contribution in [-0.4, -0.2) is 15.9 Å². The Morgan fingerprint density at radius 2 is 2.15 bits per heavy atom. The molecule has 3 rings (SSSR count). The molecule has 0 fully saturated rings. The number of amides is 1. The largest absolute Gasteiger partial charge is 0.346 e. The molecular formula is C14H10ClN3OS. The van der Waals surface area contributed by atoms with Crippen molar-refractivity contribution in [1.82, 2.24) is 15.3 Å². The summed E-state index contributed by atoms with van der Waals surface area (Å²) in [5.74, 6) is -0.187. The van der Waals surface area contributed by atoms with Gasteiger partial charge in [0.05, 0.1) is 16.8 Å². The van der Waals surface area contributed by atoms with Crippen molar-refractivity contribution in [3.05, 3.63) is 58.3 Å². The Bertz CT molecular complexity index is 739. The summed E-state index contributed by atoms with van der Waals surface area (Å²) < 4.78 is 1.11. The third-order valence-electron chi connectivity index (χ3n) is 2.73. The zero-order chi connectivity index (χ0) is 13.9. The molecule has 2 aromatic heterocycles. The number of aromatic nitrogens is 2. The van der Waals surface area contributed by atoms with Crippen LogP contribution in [0.15, 0.2) is 42.6 Å². The van der Waals surface area contributed by atoms with Gasteiger partial charge in [0.15, 0.2) is 0 Å². The summed E-state index contributed by atoms with van der Waals surface area (Å²) in [7, 11) is 0. The van der Waals surface area contributed by atoms with Crippen molar-refractivity contribution in [2.24, 2.45) is 0 Å². The zero-order valence-corrected chi connectivity index (χ0v) is 11.9. The van der Waals surface area contributed by atoms with Gasteiger partial charge in [-0.3, -0.25) is 4.79 Å². The summed E-state index contributed by atoms with van der Waals surface area (Å²) in [6, 6.07) is 11.1. The molecule has 6 heteroatoms. The first-order chi connectivity index (χ1) is 9.72. The van der Waals surface area contributed by atoms with Crippen LogP contribution in [0.3, 0.4) is 0 Å². The lowest BCUT2D eigenvalue weighted by molar-refractivity contribution is 0.0951. The molecule has 1 N–H and O–H groups in total. The van der Waals surface area contributed by atoms with E-state index in [9.17, 15) is 4.79 Å². The van der Waals surface area contributed by atoms with Crippen LogP contribution in [0.1, 0.15) is 15.4 Å². The van der Waals surface area contributed by atoms with Crippen LogP contribution in [0, 0.1) is 0 Å². The van der Waals surface area contributed by atoms with Crippen molar-refractivity contribution in [3.8, 4) is 0 Å². The van der Waals surface area contributed by atoms with Crippen LogP contribution in [0.2, 0.25) is 5.15 Å². The average molecular weight is 304 g/mol. The van der Waals surface area contributed by atoms with E-state index in [1.54, 1.807) is 17.4 Å². The van der Waals surface area contributed by atoms with Gasteiger partial charge in [-0.15, -0.1) is 11.3 Å². The number of thiazole rings is 1. The van der Waals surface area contributed by atoms with Crippen molar-refractivity contribution >= 4 is 39.1 Å². The standard InChI is InChI=1S/C14H10ClN3OS/c15-12-7-9(5-6-16-12)14(19)17-8-13-18-10-3-1-2-4-11(10)20-13/h1-7H,8H2,(H,17,19). The minimum atomic E-state index is -0.187. The Kier molecular flexibility index (Phi) is 3.62. The molecule has 0 unspecified atom stereocenters. The summed E-state index contributed by atoms with van der Waals surface area (Å²) in [6.45, 7) is 0.401. The van der Waals surface area contributed by atoms with Crippen molar-refractivity contribution in [2.45, 2.75) is 6.54 Å². The van der Waals surface area contributed by atoms with Gasteiger partial charge in [0.25, 0.3) is 5.91 Å². The lowest BCUT2D eigenvalue weighted by atomic mass is 10.2. The third kappa shape index (κ3) is 2.79. The maximum absolute atomic E-state index is 12.0. The highest BCUT2D eigenvalue weighted by Crippen LogP contribution is 2.21. The Hall–Kier alpha value is -1.98. The van der Waals surface area contributed by atoms with E-state index in [4.69, 9.17) is 11.6 Å². The lowest BCUT2D eigenvalue weighted by Gasteiger charge is -2.02. The quantitative estimate of drug-likeness (QED) is 0.756. The van der Waals surface area contributed by atoms with E-state index in [0.29, 0.717) is 17.3 Å². The zero-order valence-electron chi connectivity index (χ0n) is 10.3. The highest BCUT2D eigenvalue weighted by atomic mass is 35.5. The lowest BCUT2D eigenvalue weighted by Crippen LogP contribution is -2.22. The number of carbonyl (C=O) groups excluding carboxylic acids is 1. The third-order valence-corrected chi connectivity index (χ3v) is 3.97. The molecule has 20 heavy (non-hydrogen) atoms. The molecule has 4 nitrogen and oxygen atoms in total. The van der Waals surface area contributed by atoms with Crippen LogP contribution in [0.5, 0.6) is 0 Å². The molecule has 100 valence electrons. The Morgan fingerprint density at radius 1 is 1.30 bits per heavy atom. The monoisotopic (exact) mass is 303 g/mol. The molecule has 0 aliphatic rings. The van der Waals surface area contributed by atoms with E-state index in [0.717, 1.165) is 15.2 Å². The van der Waals surface area contributed by atoms with Gasteiger partial charge in [-0.05, 0) is 24.3 Å². The molecule has 0 atom stereocenters. The minimum Gasteiger partial charge on any atom is -0.346 e. The van der Waals surface area contributed by atoms with Gasteiger partial charge in [-0.1, -0.05) is 23.7 Å². The van der Waals surface area contributed by atoms with Gasteiger partial charge >= 0.3 is 0 Å². The highest BCUT2D eigenvalue weighted by Gasteiger charge is 2.08. The van der Waals surface area contributed by atoms with E-state index < -0.39 is 0 Å². The molecular weight excluding hydrogens is 294 g/mol. The van der Waals surface area contributed by atoms with Gasteiger partial charge < -0.3 is 5.32 Å². The predicted molar refractivity (Wildman–Crippen MR) is 80.0 cm³/mol. The number of nitrogens with zero attached hydrogens (tertiary/aromatic N) is 2. The fourth-order valence-electron chi connectivity index (χ4n) is 1.80. The molecule has 0 bridgehead atoms. The molecule has 1 aromatic carbocycles. The number of rotatable bonds is 3. The van der Waals surface area contributed by atoms with Crippen LogP contribution in [-0.2, 0) is 6.54 Å². The van der Waals surface area contributed by atoms with Crippen LogP contribution in [0.4, 0.5) is 0 Å². The fourth-order valence-corrected chi connectivity index (χ4v) is 2.88. The fraction of sp³-hybridized carbons (Fsp3) is 0.0714. The topological polar surface area (TPSA) is 54.9 Å². The van der Waals surface area contributed by atoms with Crippen molar-refractivity contribution in [1.29, 1.82) is 0 Å². The van der Waals surface area contributed by atoms with Crippen LogP contribution < -0.4 is 5.32 Å². The molecule has 0 radical (unpaired) electrons. The number of carbonyl (C=O) groups is 1. The number of hydrogen-bond acceptors (Lipinski definition) is 4. The molecule has 0 saturated carbocycles. The molecule has 0 saturated heterocycles. The number of benzene rings is 1. The first-order valence-electron chi connectivity index (χ1n) is 5.96. The number of fused-ring (bicyclic) bond motifs is 1. The maximum atomic E-state index is 12.0. The Morgan fingerprint density at radius 3 is 2.95 bits per heavy atom. The molecule has 2 heterocycles. The van der Waals surface area contributed by atoms with E-state index in [1.165, 1.54) is 12.3 Å². The number of nitrogens with one attached hydrogen (secondary N) is 1. The van der Waals surface area contributed by atoms with Gasteiger partial charge in [0.2, 0.25) is 0 Å². The second kappa shape index (κ2) is 5.56. The second-order valence-electron chi connectivity index (χ2n) is 4.13. The second-order valence-corrected chi connectivity index (χ2v) is 5.63. The van der Waals surface area contributed by atoms with Gasteiger partial charge in [-0.25, -0.2) is 9.97 Å². The van der Waals surface area contributed by atoms with Gasteiger partial charge in [0.1, 0.15) is 10.2 Å². The van der Waals surface area contributed by atoms with Crippen molar-refractivity contribution in [3.63, 3.8) is 0 Å². The van der Waals surface area contributed by atoms with Gasteiger partial charge in [0, 0.05) is 11.8 Å². The number of pyridine rings is 1. The SMILES string of the molecule is O=C(NCc1nc2ccccc2s1)c1ccnc(Cl)c1. The molecule has 0 spiro atoms. The number of hydrogen-bond donors (Lipinski definition) is 1. The summed E-state index contributed by atoms with van der Waals surface area (Å²) in [4.78, 5) is 20.3. The van der Waals surface area contributed by atoms with Crippen LogP contribution >= 0.6 is 22.9 Å². The summed E-state index contributed by atoms with van der Waals surface area (Å²) in [5, 5.41) is 4.00. The first-order valence-corrected chi connectivity index (χ1v) is 7.16.